The maximum atomic E-state index is 12.5. The van der Waals surface area contributed by atoms with Gasteiger partial charge >= 0.3 is 5.97 Å². The van der Waals surface area contributed by atoms with Crippen molar-refractivity contribution in [1.29, 1.82) is 5.26 Å². The highest BCUT2D eigenvalue weighted by Gasteiger charge is 2.19. The van der Waals surface area contributed by atoms with E-state index in [1.54, 1.807) is 23.7 Å². The van der Waals surface area contributed by atoms with Crippen LogP contribution in [0.4, 0.5) is 0 Å². The minimum atomic E-state index is -3.25. The van der Waals surface area contributed by atoms with Crippen LogP contribution >= 0.6 is 11.3 Å². The Morgan fingerprint density at radius 2 is 2.00 bits per heavy atom. The lowest BCUT2D eigenvalue weighted by atomic mass is 10.2. The number of nitriles is 1. The Hall–Kier alpha value is -3.00. The molecule has 0 aliphatic carbocycles. The number of nitrogens with zero attached hydrogens (tertiary/aromatic N) is 3. The average Bonchev–Trinajstić information content (AvgIpc) is 3.30. The van der Waals surface area contributed by atoms with Gasteiger partial charge in [-0.2, -0.15) is 10.4 Å². The van der Waals surface area contributed by atoms with E-state index in [1.165, 1.54) is 11.3 Å². The number of hydrogen-bond acceptors (Lipinski definition) is 7. The summed E-state index contributed by atoms with van der Waals surface area (Å²) in [5.74, 6) is -0.510. The standard InChI is InChI=1S/C20H20N4O4S2/c1-14-17(12-21)18(24(23-14)15-6-4-3-5-7-15)13-28-20(25)19-9-8-16(29-19)10-11-22-30(2,26)27/h3-9,22H,10-11,13H2,1-2H3. The molecule has 0 spiro atoms. The Labute approximate surface area is 178 Å². The molecule has 0 aliphatic rings. The van der Waals surface area contributed by atoms with Crippen molar-refractivity contribution >= 4 is 27.3 Å². The molecule has 0 unspecified atom stereocenters. The van der Waals surface area contributed by atoms with Gasteiger partial charge in [-0.15, -0.1) is 11.3 Å². The molecule has 0 saturated carbocycles. The average molecular weight is 445 g/mol. The smallest absolute Gasteiger partial charge is 0.348 e. The van der Waals surface area contributed by atoms with Crippen LogP contribution in [0, 0.1) is 18.3 Å². The van der Waals surface area contributed by atoms with Crippen LogP contribution in [0.25, 0.3) is 5.69 Å². The first-order valence-electron chi connectivity index (χ1n) is 9.03. The molecule has 2 aromatic heterocycles. The molecule has 3 aromatic rings. The largest absolute Gasteiger partial charge is 0.455 e. The fourth-order valence-electron chi connectivity index (χ4n) is 2.82. The van der Waals surface area contributed by atoms with E-state index >= 15 is 0 Å². The first-order chi connectivity index (χ1) is 14.3. The summed E-state index contributed by atoms with van der Waals surface area (Å²) in [5, 5.41) is 13.9. The molecule has 0 radical (unpaired) electrons. The summed E-state index contributed by atoms with van der Waals surface area (Å²) in [5.41, 5.74) is 2.21. The summed E-state index contributed by atoms with van der Waals surface area (Å²) in [6.07, 6.45) is 1.57. The number of hydrogen-bond donors (Lipinski definition) is 1. The highest BCUT2D eigenvalue weighted by Crippen LogP contribution is 2.22. The number of para-hydroxylation sites is 1. The summed E-state index contributed by atoms with van der Waals surface area (Å²) in [6, 6.07) is 14.9. The summed E-state index contributed by atoms with van der Waals surface area (Å²) in [6.45, 7) is 1.90. The Morgan fingerprint density at radius 3 is 2.67 bits per heavy atom. The maximum Gasteiger partial charge on any atom is 0.348 e. The SMILES string of the molecule is Cc1nn(-c2ccccc2)c(COC(=O)c2ccc(CCNS(C)(=O)=O)s2)c1C#N. The van der Waals surface area contributed by atoms with Crippen molar-refractivity contribution in [3.8, 4) is 11.8 Å². The first kappa shape index (κ1) is 21.7. The molecule has 0 amide bonds. The molecular weight excluding hydrogens is 424 g/mol. The van der Waals surface area contributed by atoms with Crippen molar-refractivity contribution in [1.82, 2.24) is 14.5 Å². The first-order valence-corrected chi connectivity index (χ1v) is 11.7. The zero-order valence-corrected chi connectivity index (χ0v) is 18.1. The Morgan fingerprint density at radius 1 is 1.27 bits per heavy atom. The number of aromatic nitrogens is 2. The molecule has 1 N–H and O–H groups in total. The minimum absolute atomic E-state index is 0.0969. The van der Waals surface area contributed by atoms with Crippen LogP contribution in [-0.2, 0) is 27.8 Å². The van der Waals surface area contributed by atoms with E-state index in [1.807, 2.05) is 30.3 Å². The van der Waals surface area contributed by atoms with Crippen LogP contribution in [0.2, 0.25) is 0 Å². The normalized spacial score (nSPS) is 11.2. The van der Waals surface area contributed by atoms with Crippen molar-refractivity contribution in [2.24, 2.45) is 0 Å². The van der Waals surface area contributed by atoms with Gasteiger partial charge in [0.25, 0.3) is 0 Å². The van der Waals surface area contributed by atoms with Crippen molar-refractivity contribution in [3.63, 3.8) is 0 Å². The molecule has 0 bridgehead atoms. The summed E-state index contributed by atoms with van der Waals surface area (Å²) < 4.78 is 31.7. The van der Waals surface area contributed by atoms with Gasteiger partial charge in [0.2, 0.25) is 10.0 Å². The molecule has 156 valence electrons. The predicted molar refractivity (Wildman–Crippen MR) is 113 cm³/mol. The molecule has 0 atom stereocenters. The lowest BCUT2D eigenvalue weighted by Crippen LogP contribution is -2.23. The molecule has 1 aromatic carbocycles. The molecular formula is C20H20N4O4S2. The monoisotopic (exact) mass is 444 g/mol. The van der Waals surface area contributed by atoms with Crippen LogP contribution in [0.5, 0.6) is 0 Å². The van der Waals surface area contributed by atoms with Gasteiger partial charge in [-0.05, 0) is 37.6 Å². The van der Waals surface area contributed by atoms with Gasteiger partial charge in [0, 0.05) is 11.4 Å². The molecule has 0 aliphatic heterocycles. The fraction of sp³-hybridized carbons (Fsp3) is 0.250. The number of ether oxygens (including phenoxy) is 1. The van der Waals surface area contributed by atoms with Gasteiger partial charge < -0.3 is 4.74 Å². The van der Waals surface area contributed by atoms with E-state index in [0.29, 0.717) is 28.2 Å². The van der Waals surface area contributed by atoms with Crippen molar-refractivity contribution < 1.29 is 17.9 Å². The lowest BCUT2D eigenvalue weighted by Gasteiger charge is -2.08. The van der Waals surface area contributed by atoms with E-state index in [4.69, 9.17) is 4.74 Å². The van der Waals surface area contributed by atoms with Gasteiger partial charge in [0.05, 0.1) is 23.3 Å². The fourth-order valence-corrected chi connectivity index (χ4v) is 4.20. The summed E-state index contributed by atoms with van der Waals surface area (Å²) in [4.78, 5) is 13.8. The third-order valence-corrected chi connectivity index (χ3v) is 6.06. The predicted octanol–water partition coefficient (Wildman–Crippen LogP) is 2.56. The van der Waals surface area contributed by atoms with Crippen LogP contribution < -0.4 is 4.72 Å². The molecule has 3 rings (SSSR count). The van der Waals surface area contributed by atoms with E-state index in [9.17, 15) is 18.5 Å². The number of sulfonamides is 1. The second-order valence-electron chi connectivity index (χ2n) is 6.52. The number of thiophene rings is 1. The van der Waals surface area contributed by atoms with Crippen molar-refractivity contribution in [2.45, 2.75) is 20.0 Å². The lowest BCUT2D eigenvalue weighted by molar-refractivity contribution is 0.0470. The van der Waals surface area contributed by atoms with Gasteiger partial charge in [0.15, 0.2) is 0 Å². The Kier molecular flexibility index (Phi) is 6.66. The zero-order valence-electron chi connectivity index (χ0n) is 16.5. The Balaban J connectivity index is 1.70. The molecule has 10 heteroatoms. The van der Waals surface area contributed by atoms with Gasteiger partial charge in [0.1, 0.15) is 23.1 Å². The van der Waals surface area contributed by atoms with Crippen LogP contribution in [0.15, 0.2) is 42.5 Å². The minimum Gasteiger partial charge on any atom is -0.455 e. The number of rotatable bonds is 8. The summed E-state index contributed by atoms with van der Waals surface area (Å²) in [7, 11) is -3.25. The van der Waals surface area contributed by atoms with Crippen molar-refractivity contribution in [2.75, 3.05) is 12.8 Å². The Bertz CT molecular complexity index is 1190. The van der Waals surface area contributed by atoms with Crippen LogP contribution in [0.3, 0.4) is 0 Å². The zero-order chi connectivity index (χ0) is 21.7. The molecule has 2 heterocycles. The molecule has 0 saturated heterocycles. The number of esters is 1. The summed E-state index contributed by atoms with van der Waals surface area (Å²) >= 11 is 1.25. The second kappa shape index (κ2) is 9.21. The molecule has 30 heavy (non-hydrogen) atoms. The van der Waals surface area contributed by atoms with E-state index in [2.05, 4.69) is 15.9 Å². The van der Waals surface area contributed by atoms with E-state index in [0.717, 1.165) is 16.8 Å². The number of carbonyl (C=O) groups excluding carboxylic acids is 1. The number of nitrogens with one attached hydrogen (secondary N) is 1. The van der Waals surface area contributed by atoms with Gasteiger partial charge in [-0.1, -0.05) is 18.2 Å². The maximum absolute atomic E-state index is 12.5. The number of aryl methyl sites for hydroxylation is 1. The van der Waals surface area contributed by atoms with Gasteiger partial charge in [-0.3, -0.25) is 0 Å². The molecule has 0 fully saturated rings. The topological polar surface area (TPSA) is 114 Å². The van der Waals surface area contributed by atoms with Crippen molar-refractivity contribution in [3.05, 3.63) is 69.2 Å². The van der Waals surface area contributed by atoms with Gasteiger partial charge in [-0.25, -0.2) is 22.6 Å². The highest BCUT2D eigenvalue weighted by molar-refractivity contribution is 7.88. The molecule has 8 nitrogen and oxygen atoms in total. The van der Waals surface area contributed by atoms with E-state index in [-0.39, 0.29) is 13.2 Å². The number of carbonyl (C=O) groups is 1. The number of benzene rings is 1. The third-order valence-electron chi connectivity index (χ3n) is 4.21. The quantitative estimate of drug-likeness (QED) is 0.534. The third kappa shape index (κ3) is 5.33. The van der Waals surface area contributed by atoms with Crippen LogP contribution in [0.1, 0.15) is 31.5 Å². The van der Waals surface area contributed by atoms with Crippen LogP contribution in [-0.4, -0.2) is 37.0 Å². The van der Waals surface area contributed by atoms with E-state index < -0.39 is 16.0 Å². The second-order valence-corrected chi connectivity index (χ2v) is 9.53. The highest BCUT2D eigenvalue weighted by atomic mass is 32.2.